The third-order valence-electron chi connectivity index (χ3n) is 1.86. The van der Waals surface area contributed by atoms with E-state index in [9.17, 15) is 18.0 Å². The summed E-state index contributed by atoms with van der Waals surface area (Å²) >= 11 is 0. The Morgan fingerprint density at radius 3 is 2.33 bits per heavy atom. The Bertz CT molecular complexity index is 413. The number of hydrogen-bond donors (Lipinski definition) is 2. The minimum Gasteiger partial charge on any atom is -0.506 e. The number of carbonyl (C=O) groups excluding carboxylic acids is 1. The Morgan fingerprint density at radius 1 is 1.40 bits per heavy atom. The molecule has 1 aromatic carbocycles. The van der Waals surface area contributed by atoms with Crippen LogP contribution in [-0.2, 0) is 6.18 Å². The summed E-state index contributed by atoms with van der Waals surface area (Å²) in [6.45, 7) is 1.07. The number of ketones is 1. The third-order valence-corrected chi connectivity index (χ3v) is 1.86. The summed E-state index contributed by atoms with van der Waals surface area (Å²) in [4.78, 5) is 10.9. The van der Waals surface area contributed by atoms with Gasteiger partial charge in [-0.05, 0) is 19.1 Å². The lowest BCUT2D eigenvalue weighted by Crippen LogP contribution is -2.08. The van der Waals surface area contributed by atoms with Crippen LogP contribution in [0, 0.1) is 0 Å². The van der Waals surface area contributed by atoms with Gasteiger partial charge in [-0.3, -0.25) is 4.79 Å². The smallest absolute Gasteiger partial charge is 0.416 e. The van der Waals surface area contributed by atoms with Crippen molar-refractivity contribution in [3.63, 3.8) is 0 Å². The Morgan fingerprint density at radius 2 is 1.93 bits per heavy atom. The molecule has 0 saturated heterocycles. The molecule has 0 fully saturated rings. The average molecular weight is 219 g/mol. The van der Waals surface area contributed by atoms with Crippen LogP contribution in [-0.4, -0.2) is 10.9 Å². The number of benzene rings is 1. The molecule has 3 N–H and O–H groups in total. The van der Waals surface area contributed by atoms with Crippen molar-refractivity contribution in [2.45, 2.75) is 13.1 Å². The molecule has 0 aliphatic heterocycles. The Kier molecular flexibility index (Phi) is 2.61. The number of Topliss-reactive ketones (excluding diaryl/α,β-unsaturated/α-hetero) is 1. The molecule has 0 heterocycles. The van der Waals surface area contributed by atoms with Crippen LogP contribution >= 0.6 is 0 Å². The number of rotatable bonds is 1. The fourth-order valence-electron chi connectivity index (χ4n) is 1.09. The highest BCUT2D eigenvalue weighted by Gasteiger charge is 2.32. The van der Waals surface area contributed by atoms with E-state index in [2.05, 4.69) is 0 Å². The minimum atomic E-state index is -4.62. The predicted octanol–water partition coefficient (Wildman–Crippen LogP) is 2.20. The van der Waals surface area contributed by atoms with Gasteiger partial charge < -0.3 is 10.8 Å². The van der Waals surface area contributed by atoms with Crippen LogP contribution in [0.4, 0.5) is 18.9 Å². The molecule has 1 aromatic rings. The summed E-state index contributed by atoms with van der Waals surface area (Å²) in [5.74, 6) is -1.37. The molecule has 0 atom stereocenters. The van der Waals surface area contributed by atoms with Gasteiger partial charge in [-0.1, -0.05) is 0 Å². The molecular weight excluding hydrogens is 211 g/mol. The number of nitrogen functional groups attached to an aromatic ring is 1. The first kappa shape index (κ1) is 11.4. The van der Waals surface area contributed by atoms with Gasteiger partial charge in [0.15, 0.2) is 5.78 Å². The van der Waals surface area contributed by atoms with Gasteiger partial charge in [0.25, 0.3) is 0 Å². The van der Waals surface area contributed by atoms with Gasteiger partial charge in [-0.2, -0.15) is 13.2 Å². The van der Waals surface area contributed by atoms with Gasteiger partial charge in [-0.15, -0.1) is 0 Å². The number of alkyl halides is 3. The highest BCUT2D eigenvalue weighted by Crippen LogP contribution is 2.35. The highest BCUT2D eigenvalue weighted by molar-refractivity contribution is 6.00. The summed E-state index contributed by atoms with van der Waals surface area (Å²) in [7, 11) is 0. The SMILES string of the molecule is CC(=O)c1cc(C(F)(F)F)cc(O)c1N. The van der Waals surface area contributed by atoms with Crippen LogP contribution in [0.2, 0.25) is 0 Å². The largest absolute Gasteiger partial charge is 0.506 e. The zero-order chi connectivity index (χ0) is 11.8. The number of nitrogens with two attached hydrogens (primary N) is 1. The minimum absolute atomic E-state index is 0.331. The van der Waals surface area contributed by atoms with Crippen LogP contribution in [0.1, 0.15) is 22.8 Å². The van der Waals surface area contributed by atoms with Gasteiger partial charge >= 0.3 is 6.18 Å². The number of hydrogen-bond acceptors (Lipinski definition) is 3. The third kappa shape index (κ3) is 2.20. The number of phenols is 1. The van der Waals surface area contributed by atoms with Crippen LogP contribution in [0.3, 0.4) is 0 Å². The fourth-order valence-corrected chi connectivity index (χ4v) is 1.09. The molecule has 0 radical (unpaired) electrons. The Hall–Kier alpha value is -1.72. The second-order valence-corrected chi connectivity index (χ2v) is 3.01. The number of aromatic hydroxyl groups is 1. The molecule has 0 aromatic heterocycles. The quantitative estimate of drug-likeness (QED) is 0.432. The van der Waals surface area contributed by atoms with E-state index in [1.54, 1.807) is 0 Å². The monoisotopic (exact) mass is 219 g/mol. The second-order valence-electron chi connectivity index (χ2n) is 3.01. The molecule has 3 nitrogen and oxygen atoms in total. The zero-order valence-corrected chi connectivity index (χ0v) is 7.72. The number of phenolic OH excluding ortho intramolecular Hbond substituents is 1. The van der Waals surface area contributed by atoms with Crippen LogP contribution in [0.5, 0.6) is 5.75 Å². The van der Waals surface area contributed by atoms with Crippen molar-refractivity contribution < 1.29 is 23.1 Å². The maximum Gasteiger partial charge on any atom is 0.416 e. The van der Waals surface area contributed by atoms with Gasteiger partial charge in [0.1, 0.15) is 5.75 Å². The molecule has 0 aliphatic carbocycles. The molecule has 6 heteroatoms. The van der Waals surface area contributed by atoms with E-state index < -0.39 is 23.3 Å². The van der Waals surface area contributed by atoms with E-state index in [1.165, 1.54) is 0 Å². The van der Waals surface area contributed by atoms with Crippen molar-refractivity contribution in [2.24, 2.45) is 0 Å². The van der Waals surface area contributed by atoms with Crippen LogP contribution < -0.4 is 5.73 Å². The van der Waals surface area contributed by atoms with Crippen molar-refractivity contribution in [1.82, 2.24) is 0 Å². The first-order valence-electron chi connectivity index (χ1n) is 3.94. The number of halogens is 3. The van der Waals surface area contributed by atoms with Crippen molar-refractivity contribution in [1.29, 1.82) is 0 Å². The summed E-state index contributed by atoms with van der Waals surface area (Å²) in [6, 6.07) is 1.11. The maximum atomic E-state index is 12.3. The molecule has 0 saturated carbocycles. The van der Waals surface area contributed by atoms with E-state index >= 15 is 0 Å². The van der Waals surface area contributed by atoms with E-state index in [1.807, 2.05) is 0 Å². The number of anilines is 1. The molecule has 0 spiro atoms. The van der Waals surface area contributed by atoms with Crippen LogP contribution in [0.15, 0.2) is 12.1 Å². The lowest BCUT2D eigenvalue weighted by molar-refractivity contribution is -0.137. The van der Waals surface area contributed by atoms with Gasteiger partial charge in [0, 0.05) is 5.56 Å². The van der Waals surface area contributed by atoms with Crippen molar-refractivity contribution >= 4 is 11.5 Å². The summed E-state index contributed by atoms with van der Waals surface area (Å²) < 4.78 is 36.8. The molecule has 0 bridgehead atoms. The average Bonchev–Trinajstić information content (AvgIpc) is 2.06. The molecule has 0 unspecified atom stereocenters. The van der Waals surface area contributed by atoms with Gasteiger partial charge in [-0.25, -0.2) is 0 Å². The molecule has 0 aliphatic rings. The maximum absolute atomic E-state index is 12.3. The van der Waals surface area contributed by atoms with E-state index in [4.69, 9.17) is 10.8 Å². The number of carbonyl (C=O) groups is 1. The van der Waals surface area contributed by atoms with Gasteiger partial charge in [0.05, 0.1) is 11.3 Å². The van der Waals surface area contributed by atoms with Crippen molar-refractivity contribution in [2.75, 3.05) is 5.73 Å². The predicted molar refractivity (Wildman–Crippen MR) is 47.5 cm³/mol. The Balaban J connectivity index is 3.43. The first-order valence-corrected chi connectivity index (χ1v) is 3.94. The molecule has 1 rings (SSSR count). The van der Waals surface area contributed by atoms with Gasteiger partial charge in [0.2, 0.25) is 0 Å². The normalized spacial score (nSPS) is 11.5. The van der Waals surface area contributed by atoms with E-state index in [0.717, 1.165) is 6.92 Å². The van der Waals surface area contributed by atoms with Crippen LogP contribution in [0.25, 0.3) is 0 Å². The molecule has 82 valence electrons. The summed E-state index contributed by atoms with van der Waals surface area (Å²) in [5, 5.41) is 9.12. The van der Waals surface area contributed by atoms with E-state index in [0.29, 0.717) is 12.1 Å². The zero-order valence-electron chi connectivity index (χ0n) is 7.72. The fraction of sp³-hybridized carbons (Fsp3) is 0.222. The lowest BCUT2D eigenvalue weighted by Gasteiger charge is -2.11. The lowest BCUT2D eigenvalue weighted by atomic mass is 10.0. The standard InChI is InChI=1S/C9H8F3NO2/c1-4(14)6-2-5(9(10,11)12)3-7(15)8(6)13/h2-3,15H,13H2,1H3. The summed E-state index contributed by atoms with van der Waals surface area (Å²) in [6.07, 6.45) is -4.62. The van der Waals surface area contributed by atoms with Crippen molar-refractivity contribution in [3.8, 4) is 5.75 Å². The van der Waals surface area contributed by atoms with E-state index in [-0.39, 0.29) is 11.3 Å². The topological polar surface area (TPSA) is 63.3 Å². The Labute approximate surface area is 83.3 Å². The molecular formula is C9H8F3NO2. The highest BCUT2D eigenvalue weighted by atomic mass is 19.4. The molecule has 0 amide bonds. The first-order chi connectivity index (χ1) is 6.73. The van der Waals surface area contributed by atoms with Crippen molar-refractivity contribution in [3.05, 3.63) is 23.3 Å². The molecule has 15 heavy (non-hydrogen) atoms. The summed E-state index contributed by atoms with van der Waals surface area (Å²) in [5.41, 5.74) is 3.49. The second kappa shape index (κ2) is 3.45.